The highest BCUT2D eigenvalue weighted by atomic mass is 16.5. The van der Waals surface area contributed by atoms with Gasteiger partial charge in [0.05, 0.1) is 12.2 Å². The van der Waals surface area contributed by atoms with E-state index >= 15 is 0 Å². The first-order valence-electron chi connectivity index (χ1n) is 5.66. The molecule has 0 heterocycles. The summed E-state index contributed by atoms with van der Waals surface area (Å²) < 4.78 is 5.12. The molecule has 1 aromatic carbocycles. The van der Waals surface area contributed by atoms with Crippen LogP contribution in [0.2, 0.25) is 0 Å². The molecule has 0 saturated heterocycles. The minimum Gasteiger partial charge on any atom is -0.369 e. The zero-order chi connectivity index (χ0) is 13.6. The molecule has 0 saturated carbocycles. The van der Waals surface area contributed by atoms with Crippen molar-refractivity contribution in [2.24, 2.45) is 5.73 Å². The second kappa shape index (κ2) is 6.20. The molecule has 4 heteroatoms. The van der Waals surface area contributed by atoms with Gasteiger partial charge in [-0.3, -0.25) is 4.79 Å². The summed E-state index contributed by atoms with van der Waals surface area (Å²) in [5.41, 5.74) is 5.86. The maximum atomic E-state index is 12.0. The normalized spacial score (nSPS) is 10.4. The summed E-state index contributed by atoms with van der Waals surface area (Å²) in [6.07, 6.45) is 0. The third-order valence-corrected chi connectivity index (χ3v) is 2.56. The molecule has 1 amide bonds. The molecule has 0 atom stereocenters. The summed E-state index contributed by atoms with van der Waals surface area (Å²) in [6, 6.07) is 7.32. The van der Waals surface area contributed by atoms with E-state index in [1.807, 2.05) is 18.2 Å². The van der Waals surface area contributed by atoms with Crippen LogP contribution in [0.25, 0.3) is 0 Å². The number of hydrogen-bond donors (Lipinski definition) is 2. The smallest absolute Gasteiger partial charge is 0.256 e. The Labute approximate surface area is 108 Å². The van der Waals surface area contributed by atoms with Crippen LogP contribution in [0.5, 0.6) is 0 Å². The highest BCUT2D eigenvalue weighted by molar-refractivity contribution is 5.97. The molecule has 0 aliphatic heterocycles. The first-order valence-corrected chi connectivity index (χ1v) is 5.66. The van der Waals surface area contributed by atoms with Crippen molar-refractivity contribution in [3.63, 3.8) is 0 Å². The number of anilines is 1. The molecule has 96 valence electrons. The summed E-state index contributed by atoms with van der Waals surface area (Å²) >= 11 is 0. The highest BCUT2D eigenvalue weighted by Crippen LogP contribution is 2.17. The Hall–Kier alpha value is -1.83. The number of ether oxygens (including phenoxy) is 1. The fourth-order valence-corrected chi connectivity index (χ4v) is 1.21. The zero-order valence-electron chi connectivity index (χ0n) is 10.9. The van der Waals surface area contributed by atoms with Crippen LogP contribution in [0.1, 0.15) is 19.4 Å². The first kappa shape index (κ1) is 14.2. The molecule has 0 radical (unpaired) electrons. The van der Waals surface area contributed by atoms with Crippen molar-refractivity contribution in [1.29, 1.82) is 0 Å². The Bertz CT molecular complexity index is 484. The van der Waals surface area contributed by atoms with Crippen molar-refractivity contribution in [2.45, 2.75) is 19.4 Å². The average molecular weight is 246 g/mol. The van der Waals surface area contributed by atoms with Gasteiger partial charge in [-0.25, -0.2) is 0 Å². The van der Waals surface area contributed by atoms with Crippen molar-refractivity contribution >= 4 is 11.6 Å². The van der Waals surface area contributed by atoms with E-state index in [2.05, 4.69) is 17.2 Å². The van der Waals surface area contributed by atoms with Crippen LogP contribution < -0.4 is 11.1 Å². The fraction of sp³-hybridized carbons (Fsp3) is 0.357. The molecule has 0 aromatic heterocycles. The molecule has 3 N–H and O–H groups in total. The van der Waals surface area contributed by atoms with E-state index in [0.717, 1.165) is 5.56 Å². The third kappa shape index (κ3) is 3.59. The van der Waals surface area contributed by atoms with Gasteiger partial charge in [0.15, 0.2) is 0 Å². The van der Waals surface area contributed by atoms with Gasteiger partial charge >= 0.3 is 0 Å². The maximum Gasteiger partial charge on any atom is 0.256 e. The summed E-state index contributed by atoms with van der Waals surface area (Å²) in [5.74, 6) is 5.47. The molecule has 0 aliphatic carbocycles. The second-order valence-corrected chi connectivity index (χ2v) is 4.22. The zero-order valence-corrected chi connectivity index (χ0v) is 10.9. The Kier molecular flexibility index (Phi) is 4.90. The van der Waals surface area contributed by atoms with E-state index in [4.69, 9.17) is 10.5 Å². The summed E-state index contributed by atoms with van der Waals surface area (Å²) in [5, 5.41) is 2.80. The van der Waals surface area contributed by atoms with Crippen LogP contribution >= 0.6 is 0 Å². The summed E-state index contributed by atoms with van der Waals surface area (Å²) in [7, 11) is 1.50. The van der Waals surface area contributed by atoms with E-state index in [1.165, 1.54) is 7.11 Å². The van der Waals surface area contributed by atoms with Crippen LogP contribution in [0.3, 0.4) is 0 Å². The topological polar surface area (TPSA) is 64.3 Å². The Morgan fingerprint density at radius 1 is 1.44 bits per heavy atom. The van der Waals surface area contributed by atoms with E-state index < -0.39 is 5.60 Å². The molecule has 1 rings (SSSR count). The minimum atomic E-state index is -0.881. The molecular formula is C14H18N2O2. The van der Waals surface area contributed by atoms with Gasteiger partial charge < -0.3 is 15.8 Å². The van der Waals surface area contributed by atoms with Gasteiger partial charge in [0.1, 0.15) is 5.60 Å². The number of hydrogen-bond acceptors (Lipinski definition) is 3. The van der Waals surface area contributed by atoms with Crippen LogP contribution in [-0.2, 0) is 9.53 Å². The van der Waals surface area contributed by atoms with Crippen molar-refractivity contribution in [3.05, 3.63) is 29.8 Å². The van der Waals surface area contributed by atoms with Gasteiger partial charge in [0.25, 0.3) is 5.91 Å². The summed E-state index contributed by atoms with van der Waals surface area (Å²) in [6.45, 7) is 3.69. The predicted molar refractivity (Wildman–Crippen MR) is 72.1 cm³/mol. The van der Waals surface area contributed by atoms with Gasteiger partial charge in [0.2, 0.25) is 0 Å². The number of benzene rings is 1. The molecule has 4 nitrogen and oxygen atoms in total. The van der Waals surface area contributed by atoms with E-state index in [-0.39, 0.29) is 12.5 Å². The van der Waals surface area contributed by atoms with Crippen molar-refractivity contribution in [3.8, 4) is 11.8 Å². The lowest BCUT2D eigenvalue weighted by atomic mass is 10.1. The first-order chi connectivity index (χ1) is 8.51. The quantitative estimate of drug-likeness (QED) is 0.791. The molecule has 0 fully saturated rings. The lowest BCUT2D eigenvalue weighted by Crippen LogP contribution is -2.38. The minimum absolute atomic E-state index is 0.216. The van der Waals surface area contributed by atoms with Crippen LogP contribution in [0.4, 0.5) is 5.69 Å². The molecule has 0 bridgehead atoms. The van der Waals surface area contributed by atoms with E-state index in [0.29, 0.717) is 5.69 Å². The molecule has 0 unspecified atom stereocenters. The molecule has 18 heavy (non-hydrogen) atoms. The lowest BCUT2D eigenvalue weighted by Gasteiger charge is -2.22. The SMILES string of the molecule is COC(C)(C)C(=O)Nc1ccccc1C#CCN. The Morgan fingerprint density at radius 3 is 2.72 bits per heavy atom. The number of methoxy groups -OCH3 is 1. The van der Waals surface area contributed by atoms with Gasteiger partial charge in [-0.15, -0.1) is 0 Å². The number of amides is 1. The van der Waals surface area contributed by atoms with Crippen LogP contribution in [0.15, 0.2) is 24.3 Å². The van der Waals surface area contributed by atoms with Crippen molar-refractivity contribution in [1.82, 2.24) is 0 Å². The number of nitrogens with one attached hydrogen (secondary N) is 1. The average Bonchev–Trinajstić information content (AvgIpc) is 2.37. The number of carbonyl (C=O) groups excluding carboxylic acids is 1. The monoisotopic (exact) mass is 246 g/mol. The van der Waals surface area contributed by atoms with E-state index in [9.17, 15) is 4.79 Å². The van der Waals surface area contributed by atoms with Gasteiger partial charge in [-0.1, -0.05) is 24.0 Å². The molecular weight excluding hydrogens is 228 g/mol. The van der Waals surface area contributed by atoms with Crippen molar-refractivity contribution < 1.29 is 9.53 Å². The predicted octanol–water partition coefficient (Wildman–Crippen LogP) is 1.36. The second-order valence-electron chi connectivity index (χ2n) is 4.22. The number of rotatable bonds is 3. The maximum absolute atomic E-state index is 12.0. The standard InChI is InChI=1S/C14H18N2O2/c1-14(2,18-3)13(17)16-12-9-5-4-7-11(12)8-6-10-15/h4-5,7,9H,10,15H2,1-3H3,(H,16,17). The van der Waals surface area contributed by atoms with Crippen molar-refractivity contribution in [2.75, 3.05) is 19.0 Å². The fourth-order valence-electron chi connectivity index (χ4n) is 1.21. The van der Waals surface area contributed by atoms with Crippen LogP contribution in [0, 0.1) is 11.8 Å². The third-order valence-electron chi connectivity index (χ3n) is 2.56. The molecule has 0 spiro atoms. The lowest BCUT2D eigenvalue weighted by molar-refractivity contribution is -0.133. The Morgan fingerprint density at radius 2 is 2.11 bits per heavy atom. The number of nitrogens with two attached hydrogens (primary N) is 1. The Balaban J connectivity index is 2.95. The largest absolute Gasteiger partial charge is 0.369 e. The summed E-state index contributed by atoms with van der Waals surface area (Å²) in [4.78, 5) is 12.0. The van der Waals surface area contributed by atoms with Crippen LogP contribution in [-0.4, -0.2) is 25.2 Å². The van der Waals surface area contributed by atoms with Gasteiger partial charge in [-0.05, 0) is 26.0 Å². The van der Waals surface area contributed by atoms with E-state index in [1.54, 1.807) is 19.9 Å². The molecule has 0 aliphatic rings. The molecule has 1 aromatic rings. The van der Waals surface area contributed by atoms with Gasteiger partial charge in [-0.2, -0.15) is 0 Å². The number of para-hydroxylation sites is 1. The number of carbonyl (C=O) groups is 1. The highest BCUT2D eigenvalue weighted by Gasteiger charge is 2.27. The van der Waals surface area contributed by atoms with Gasteiger partial charge in [0, 0.05) is 12.7 Å².